The second kappa shape index (κ2) is 7.02. The lowest BCUT2D eigenvalue weighted by Gasteiger charge is -1.98. The van der Waals surface area contributed by atoms with E-state index in [-0.39, 0.29) is 5.56 Å². The molecular weight excluding hydrogens is 298 g/mol. The molecule has 6 nitrogen and oxygen atoms in total. The van der Waals surface area contributed by atoms with Gasteiger partial charge in [-0.25, -0.2) is 18.4 Å². The zero-order chi connectivity index (χ0) is 16.9. The number of nitrogen functional groups attached to an aromatic ring is 2. The minimum absolute atomic E-state index is 0.113. The molecule has 0 fully saturated rings. The highest BCUT2D eigenvalue weighted by Gasteiger charge is 2.09. The molecule has 6 N–H and O–H groups in total. The molecule has 0 saturated carbocycles. The van der Waals surface area contributed by atoms with Gasteiger partial charge in [0.2, 0.25) is 0 Å². The Morgan fingerprint density at radius 2 is 1.41 bits per heavy atom. The molecular formula is C14H12F2N2O4. The Balaban J connectivity index is 0.000000220. The molecule has 0 aliphatic rings. The zero-order valence-corrected chi connectivity index (χ0v) is 11.1. The van der Waals surface area contributed by atoms with Gasteiger partial charge in [-0.2, -0.15) is 0 Å². The first kappa shape index (κ1) is 16.9. The predicted octanol–water partition coefficient (Wildman–Crippen LogP) is 2.21. The van der Waals surface area contributed by atoms with Crippen molar-refractivity contribution in [1.29, 1.82) is 0 Å². The molecule has 0 aliphatic heterocycles. The number of aromatic carboxylic acids is 2. The Morgan fingerprint density at radius 1 is 0.864 bits per heavy atom. The van der Waals surface area contributed by atoms with Crippen LogP contribution in [0.25, 0.3) is 0 Å². The summed E-state index contributed by atoms with van der Waals surface area (Å²) in [5, 5.41) is 16.8. The first-order chi connectivity index (χ1) is 10.2. The SMILES string of the molecule is Nc1cc(N)cc(C(=O)O)c1.O=C(O)c1cc(F)ccc1F. The average molecular weight is 310 g/mol. The number of anilines is 2. The fourth-order valence-electron chi connectivity index (χ4n) is 1.46. The van der Waals surface area contributed by atoms with E-state index in [4.69, 9.17) is 21.7 Å². The van der Waals surface area contributed by atoms with Crippen molar-refractivity contribution in [2.45, 2.75) is 0 Å². The average Bonchev–Trinajstić information content (AvgIpc) is 2.41. The molecule has 0 bridgehead atoms. The summed E-state index contributed by atoms with van der Waals surface area (Å²) in [6.07, 6.45) is 0. The molecule has 2 rings (SSSR count). The van der Waals surface area contributed by atoms with E-state index in [1.807, 2.05) is 0 Å². The standard InChI is InChI=1S/C7H4F2O2.C7H8N2O2/c8-4-1-2-6(9)5(3-4)7(10)11;8-5-1-4(7(10)11)2-6(9)3-5/h1-3H,(H,10,11);1-3H,8-9H2,(H,10,11). The number of halogens is 2. The lowest BCUT2D eigenvalue weighted by molar-refractivity contribution is 0.0683. The smallest absolute Gasteiger partial charge is 0.338 e. The van der Waals surface area contributed by atoms with E-state index in [9.17, 15) is 18.4 Å². The zero-order valence-electron chi connectivity index (χ0n) is 11.1. The van der Waals surface area contributed by atoms with Crippen LogP contribution in [0.3, 0.4) is 0 Å². The van der Waals surface area contributed by atoms with Crippen molar-refractivity contribution >= 4 is 23.3 Å². The number of hydrogen-bond acceptors (Lipinski definition) is 4. The largest absolute Gasteiger partial charge is 0.478 e. The lowest BCUT2D eigenvalue weighted by atomic mass is 10.2. The summed E-state index contributed by atoms with van der Waals surface area (Å²) in [4.78, 5) is 20.6. The van der Waals surface area contributed by atoms with Gasteiger partial charge < -0.3 is 21.7 Å². The maximum atomic E-state index is 12.5. The van der Waals surface area contributed by atoms with Crippen molar-refractivity contribution in [2.24, 2.45) is 0 Å². The van der Waals surface area contributed by atoms with Gasteiger partial charge in [0.05, 0.1) is 11.1 Å². The lowest BCUT2D eigenvalue weighted by Crippen LogP contribution is -2.00. The van der Waals surface area contributed by atoms with Gasteiger partial charge in [0.25, 0.3) is 0 Å². The second-order valence-electron chi connectivity index (χ2n) is 4.12. The Bertz CT molecular complexity index is 700. The number of rotatable bonds is 2. The van der Waals surface area contributed by atoms with Crippen LogP contribution in [0.2, 0.25) is 0 Å². The fraction of sp³-hybridized carbons (Fsp3) is 0. The van der Waals surface area contributed by atoms with E-state index in [2.05, 4.69) is 0 Å². The quantitative estimate of drug-likeness (QED) is 0.630. The summed E-state index contributed by atoms with van der Waals surface area (Å²) in [5.74, 6) is -4.19. The summed E-state index contributed by atoms with van der Waals surface area (Å²) < 4.78 is 24.8. The van der Waals surface area contributed by atoms with Crippen molar-refractivity contribution in [3.8, 4) is 0 Å². The van der Waals surface area contributed by atoms with Crippen molar-refractivity contribution < 1.29 is 28.6 Å². The molecule has 22 heavy (non-hydrogen) atoms. The predicted molar refractivity (Wildman–Crippen MR) is 75.5 cm³/mol. The van der Waals surface area contributed by atoms with Crippen LogP contribution in [0.15, 0.2) is 36.4 Å². The number of hydrogen-bond donors (Lipinski definition) is 4. The summed E-state index contributed by atoms with van der Waals surface area (Å²) in [5.41, 5.74) is 10.9. The van der Waals surface area contributed by atoms with Gasteiger partial charge >= 0.3 is 11.9 Å². The Labute approximate surface area is 123 Å². The van der Waals surface area contributed by atoms with Crippen LogP contribution >= 0.6 is 0 Å². The maximum Gasteiger partial charge on any atom is 0.338 e. The highest BCUT2D eigenvalue weighted by atomic mass is 19.1. The Hall–Kier alpha value is -3.16. The van der Waals surface area contributed by atoms with Crippen molar-refractivity contribution in [2.75, 3.05) is 11.5 Å². The molecule has 8 heteroatoms. The van der Waals surface area contributed by atoms with E-state index in [0.717, 1.165) is 12.1 Å². The van der Waals surface area contributed by atoms with E-state index in [1.54, 1.807) is 0 Å². The van der Waals surface area contributed by atoms with Crippen molar-refractivity contribution in [1.82, 2.24) is 0 Å². The first-order valence-electron chi connectivity index (χ1n) is 5.78. The first-order valence-corrected chi connectivity index (χ1v) is 5.78. The normalized spacial score (nSPS) is 9.55. The molecule has 0 atom stereocenters. The van der Waals surface area contributed by atoms with Crippen molar-refractivity contribution in [3.05, 3.63) is 59.2 Å². The van der Waals surface area contributed by atoms with Crippen molar-refractivity contribution in [3.63, 3.8) is 0 Å². The van der Waals surface area contributed by atoms with Gasteiger partial charge in [-0.3, -0.25) is 0 Å². The molecule has 116 valence electrons. The third-order valence-corrected chi connectivity index (χ3v) is 2.38. The van der Waals surface area contributed by atoms with Crippen LogP contribution < -0.4 is 11.5 Å². The molecule has 2 aromatic carbocycles. The molecule has 2 aromatic rings. The summed E-state index contributed by atoms with van der Waals surface area (Å²) in [6.45, 7) is 0. The van der Waals surface area contributed by atoms with Gasteiger partial charge in [-0.15, -0.1) is 0 Å². The molecule has 0 saturated heterocycles. The Kier molecular flexibility index (Phi) is 5.39. The highest BCUT2D eigenvalue weighted by Crippen LogP contribution is 2.13. The van der Waals surface area contributed by atoms with E-state index >= 15 is 0 Å². The molecule has 0 radical (unpaired) electrons. The monoisotopic (exact) mass is 310 g/mol. The number of benzene rings is 2. The van der Waals surface area contributed by atoms with Crippen LogP contribution in [0, 0.1) is 11.6 Å². The van der Waals surface area contributed by atoms with Crippen LogP contribution in [-0.4, -0.2) is 22.2 Å². The van der Waals surface area contributed by atoms with Gasteiger partial charge in [0.1, 0.15) is 11.6 Å². The van der Waals surface area contributed by atoms with Crippen LogP contribution in [0.5, 0.6) is 0 Å². The molecule has 0 spiro atoms. The van der Waals surface area contributed by atoms with E-state index < -0.39 is 29.1 Å². The number of carbonyl (C=O) groups is 2. The molecule has 0 aromatic heterocycles. The second-order valence-corrected chi connectivity index (χ2v) is 4.12. The highest BCUT2D eigenvalue weighted by molar-refractivity contribution is 5.90. The summed E-state index contributed by atoms with van der Waals surface area (Å²) in [6, 6.07) is 6.50. The fourth-order valence-corrected chi connectivity index (χ4v) is 1.46. The third-order valence-electron chi connectivity index (χ3n) is 2.38. The molecule has 0 unspecified atom stereocenters. The topological polar surface area (TPSA) is 127 Å². The van der Waals surface area contributed by atoms with Gasteiger partial charge in [0, 0.05) is 11.4 Å². The Morgan fingerprint density at radius 3 is 1.82 bits per heavy atom. The van der Waals surface area contributed by atoms with Crippen LogP contribution in [-0.2, 0) is 0 Å². The molecule has 0 heterocycles. The molecule has 0 amide bonds. The van der Waals surface area contributed by atoms with Crippen LogP contribution in [0.1, 0.15) is 20.7 Å². The van der Waals surface area contributed by atoms with E-state index in [0.29, 0.717) is 17.4 Å². The number of carboxylic acids is 2. The maximum absolute atomic E-state index is 12.5. The molecule has 0 aliphatic carbocycles. The number of nitrogens with two attached hydrogens (primary N) is 2. The van der Waals surface area contributed by atoms with Gasteiger partial charge in [-0.05, 0) is 36.4 Å². The summed E-state index contributed by atoms with van der Waals surface area (Å²) in [7, 11) is 0. The minimum atomic E-state index is -1.47. The van der Waals surface area contributed by atoms with E-state index in [1.165, 1.54) is 18.2 Å². The number of carboxylic acid groups (broad SMARTS) is 2. The van der Waals surface area contributed by atoms with Gasteiger partial charge in [-0.1, -0.05) is 0 Å². The third kappa shape index (κ3) is 4.75. The van der Waals surface area contributed by atoms with Gasteiger partial charge in [0.15, 0.2) is 0 Å². The summed E-state index contributed by atoms with van der Waals surface area (Å²) >= 11 is 0. The van der Waals surface area contributed by atoms with Crippen LogP contribution in [0.4, 0.5) is 20.2 Å². The minimum Gasteiger partial charge on any atom is -0.478 e.